The van der Waals surface area contributed by atoms with E-state index in [0.29, 0.717) is 25.3 Å². The maximum atomic E-state index is 13.0. The lowest BCUT2D eigenvalue weighted by atomic mass is 9.93. The molecule has 3 aliphatic heterocycles. The van der Waals surface area contributed by atoms with E-state index in [0.717, 1.165) is 29.9 Å². The second kappa shape index (κ2) is 6.51. The Kier molecular flexibility index (Phi) is 4.18. The summed E-state index contributed by atoms with van der Waals surface area (Å²) in [6.45, 7) is 5.17. The van der Waals surface area contributed by atoms with Crippen LogP contribution in [0.5, 0.6) is 0 Å². The minimum atomic E-state index is -0.171. The van der Waals surface area contributed by atoms with Gasteiger partial charge in [-0.2, -0.15) is 0 Å². The number of hydrogen-bond donors (Lipinski definition) is 0. The van der Waals surface area contributed by atoms with Gasteiger partial charge in [-0.1, -0.05) is 5.16 Å². The number of rotatable bonds is 3. The van der Waals surface area contributed by atoms with Gasteiger partial charge in [-0.3, -0.25) is 14.6 Å². The van der Waals surface area contributed by atoms with Crippen molar-refractivity contribution in [2.45, 2.75) is 39.3 Å². The first kappa shape index (κ1) is 16.7. The number of carbonyl (C=O) groups is 2. The third-order valence-electron chi connectivity index (χ3n) is 5.37. The van der Waals surface area contributed by atoms with Gasteiger partial charge in [0.1, 0.15) is 11.5 Å². The van der Waals surface area contributed by atoms with Gasteiger partial charge in [0.15, 0.2) is 0 Å². The minimum Gasteiger partial charge on any atom is -0.361 e. The highest BCUT2D eigenvalue weighted by Crippen LogP contribution is 2.31. The molecular formula is C18H21N5O3. The first-order chi connectivity index (χ1) is 12.5. The third kappa shape index (κ3) is 2.85. The van der Waals surface area contributed by atoms with Crippen molar-refractivity contribution in [2.75, 3.05) is 13.1 Å². The van der Waals surface area contributed by atoms with Crippen molar-refractivity contribution in [3.8, 4) is 0 Å². The number of amides is 2. The van der Waals surface area contributed by atoms with E-state index in [-0.39, 0.29) is 23.8 Å². The lowest BCUT2D eigenvalue weighted by Gasteiger charge is -2.35. The summed E-state index contributed by atoms with van der Waals surface area (Å²) in [6.07, 6.45) is 6.22. The summed E-state index contributed by atoms with van der Waals surface area (Å²) in [5.41, 5.74) is 2.08. The molecule has 2 aromatic heterocycles. The van der Waals surface area contributed by atoms with Gasteiger partial charge in [-0.25, -0.2) is 4.98 Å². The van der Waals surface area contributed by atoms with E-state index < -0.39 is 0 Å². The molecule has 3 fully saturated rings. The van der Waals surface area contributed by atoms with Crippen molar-refractivity contribution in [1.82, 2.24) is 24.9 Å². The predicted molar refractivity (Wildman–Crippen MR) is 91.0 cm³/mol. The highest BCUT2D eigenvalue weighted by Gasteiger charge is 2.42. The van der Waals surface area contributed by atoms with Crippen LogP contribution in [0.2, 0.25) is 0 Å². The van der Waals surface area contributed by atoms with E-state index in [9.17, 15) is 9.59 Å². The van der Waals surface area contributed by atoms with Gasteiger partial charge in [0, 0.05) is 37.1 Å². The van der Waals surface area contributed by atoms with Crippen LogP contribution in [-0.4, -0.2) is 55.9 Å². The molecule has 26 heavy (non-hydrogen) atoms. The zero-order valence-electron chi connectivity index (χ0n) is 14.9. The van der Waals surface area contributed by atoms with Crippen molar-refractivity contribution >= 4 is 11.8 Å². The molecule has 0 aliphatic carbocycles. The highest BCUT2D eigenvalue weighted by molar-refractivity contribution is 5.93. The molecule has 0 radical (unpaired) electrons. The fourth-order valence-electron chi connectivity index (χ4n) is 3.88. The van der Waals surface area contributed by atoms with Crippen LogP contribution < -0.4 is 0 Å². The highest BCUT2D eigenvalue weighted by atomic mass is 16.5. The summed E-state index contributed by atoms with van der Waals surface area (Å²) in [7, 11) is 0. The quantitative estimate of drug-likeness (QED) is 0.825. The summed E-state index contributed by atoms with van der Waals surface area (Å²) < 4.78 is 5.23. The van der Waals surface area contributed by atoms with Crippen molar-refractivity contribution in [1.29, 1.82) is 0 Å². The summed E-state index contributed by atoms with van der Waals surface area (Å²) in [4.78, 5) is 37.5. The average molecular weight is 355 g/mol. The van der Waals surface area contributed by atoms with Crippen molar-refractivity contribution in [3.63, 3.8) is 0 Å². The molecule has 8 nitrogen and oxygen atoms in total. The Morgan fingerprint density at radius 2 is 2.12 bits per heavy atom. The van der Waals surface area contributed by atoms with Crippen LogP contribution >= 0.6 is 0 Å². The number of nitrogens with zero attached hydrogens (tertiary/aromatic N) is 5. The van der Waals surface area contributed by atoms with Gasteiger partial charge in [-0.05, 0) is 26.7 Å². The van der Waals surface area contributed by atoms with Crippen LogP contribution in [0.4, 0.5) is 0 Å². The smallest absolute Gasteiger partial charge is 0.274 e. The van der Waals surface area contributed by atoms with Crippen LogP contribution in [0.25, 0.3) is 0 Å². The summed E-state index contributed by atoms with van der Waals surface area (Å²) >= 11 is 0. The first-order valence-electron chi connectivity index (χ1n) is 8.82. The van der Waals surface area contributed by atoms with E-state index in [1.807, 2.05) is 18.7 Å². The molecule has 2 atom stereocenters. The second-order valence-electron chi connectivity index (χ2n) is 7.00. The van der Waals surface area contributed by atoms with E-state index in [1.165, 1.54) is 18.6 Å². The molecule has 0 unspecified atom stereocenters. The monoisotopic (exact) mass is 355 g/mol. The van der Waals surface area contributed by atoms with Gasteiger partial charge < -0.3 is 14.3 Å². The van der Waals surface area contributed by atoms with Gasteiger partial charge in [0.05, 0.1) is 24.4 Å². The van der Waals surface area contributed by atoms with Crippen LogP contribution in [-0.2, 0) is 11.3 Å². The van der Waals surface area contributed by atoms with Crippen LogP contribution in [0.3, 0.4) is 0 Å². The van der Waals surface area contributed by atoms with Crippen molar-refractivity contribution < 1.29 is 14.1 Å². The molecule has 2 amide bonds. The zero-order chi connectivity index (χ0) is 18.3. The van der Waals surface area contributed by atoms with Gasteiger partial charge in [0.25, 0.3) is 5.91 Å². The maximum Gasteiger partial charge on any atom is 0.274 e. The SMILES string of the molecule is Cc1noc(C)c1CN1C(=O)[C@H]2CC[C@@H]1CN(C(=O)c1cnccn1)C2. The van der Waals surface area contributed by atoms with E-state index in [1.54, 1.807) is 4.90 Å². The molecular weight excluding hydrogens is 334 g/mol. The number of aryl methyl sites for hydroxylation is 2. The molecule has 2 bridgehead atoms. The summed E-state index contributed by atoms with van der Waals surface area (Å²) in [5.74, 6) is 0.510. The Hall–Kier alpha value is -2.77. The number of fused-ring (bicyclic) bond motifs is 4. The van der Waals surface area contributed by atoms with Crippen molar-refractivity contribution in [3.05, 3.63) is 41.3 Å². The van der Waals surface area contributed by atoms with Gasteiger partial charge in [-0.15, -0.1) is 0 Å². The number of hydrogen-bond acceptors (Lipinski definition) is 6. The Bertz CT molecular complexity index is 815. The van der Waals surface area contributed by atoms with Crippen molar-refractivity contribution in [2.24, 2.45) is 5.92 Å². The number of piperidine rings is 1. The zero-order valence-corrected chi connectivity index (χ0v) is 14.9. The molecule has 136 valence electrons. The lowest BCUT2D eigenvalue weighted by molar-refractivity contribution is -0.140. The van der Waals surface area contributed by atoms with Gasteiger partial charge in [0.2, 0.25) is 5.91 Å². The molecule has 0 spiro atoms. The van der Waals surface area contributed by atoms with E-state index in [2.05, 4.69) is 15.1 Å². The standard InChI is InChI=1S/C18H21N5O3/c1-11-15(12(2)26-21-11)10-23-14-4-3-13(17(23)24)8-22(9-14)18(25)16-7-19-5-6-20-16/h5-7,13-14H,3-4,8-10H2,1-2H3/t13-,14+/m0/s1. The Morgan fingerprint density at radius 3 is 2.81 bits per heavy atom. The fraction of sp³-hybridized carbons (Fsp3) is 0.500. The average Bonchev–Trinajstić information content (AvgIpc) is 2.82. The summed E-state index contributed by atoms with van der Waals surface area (Å²) in [6, 6.07) is -0.00410. The van der Waals surface area contributed by atoms with Gasteiger partial charge >= 0.3 is 0 Å². The fourth-order valence-corrected chi connectivity index (χ4v) is 3.88. The molecule has 5 rings (SSSR count). The molecule has 3 aliphatic rings. The minimum absolute atomic E-state index is 0.00410. The summed E-state index contributed by atoms with van der Waals surface area (Å²) in [5, 5.41) is 3.98. The molecule has 0 N–H and O–H groups in total. The molecule has 5 heterocycles. The van der Waals surface area contributed by atoms with Crippen LogP contribution in [0.1, 0.15) is 40.3 Å². The molecule has 3 saturated heterocycles. The molecule has 8 heteroatoms. The van der Waals surface area contributed by atoms with E-state index >= 15 is 0 Å². The third-order valence-corrected chi connectivity index (χ3v) is 5.37. The van der Waals surface area contributed by atoms with E-state index in [4.69, 9.17) is 4.52 Å². The topological polar surface area (TPSA) is 92.4 Å². The predicted octanol–water partition coefficient (Wildman–Crippen LogP) is 1.34. The molecule has 2 aromatic rings. The number of carbonyl (C=O) groups excluding carboxylic acids is 2. The Morgan fingerprint density at radius 1 is 1.27 bits per heavy atom. The molecule has 0 aromatic carbocycles. The van der Waals surface area contributed by atoms with Crippen LogP contribution in [0, 0.1) is 19.8 Å². The Labute approximate surface area is 151 Å². The largest absolute Gasteiger partial charge is 0.361 e. The first-order valence-corrected chi connectivity index (χ1v) is 8.82. The Balaban J connectivity index is 1.58. The second-order valence-corrected chi connectivity index (χ2v) is 7.00. The van der Waals surface area contributed by atoms with Crippen LogP contribution in [0.15, 0.2) is 23.1 Å². The normalized spacial score (nSPS) is 22.6. The number of aromatic nitrogens is 3. The lowest BCUT2D eigenvalue weighted by Crippen LogP contribution is -2.47. The maximum absolute atomic E-state index is 13.0. The molecule has 0 saturated carbocycles.